The molecule has 0 aliphatic carbocycles. The molecule has 0 rings (SSSR count). The molecule has 0 heterocycles. The molecule has 84 valence electrons. The van der Waals surface area contributed by atoms with Crippen molar-refractivity contribution in [2.45, 2.75) is 19.9 Å². The zero-order chi connectivity index (χ0) is 11.4. The van der Waals surface area contributed by atoms with Gasteiger partial charge in [-0.25, -0.2) is 8.42 Å². The SMILES string of the molecule is CCS(=O)(=O)CCN(C)C(C)C(N)=S. The summed E-state index contributed by atoms with van der Waals surface area (Å²) >= 11 is 4.82. The van der Waals surface area contributed by atoms with Crippen molar-refractivity contribution >= 4 is 27.0 Å². The maximum absolute atomic E-state index is 11.2. The van der Waals surface area contributed by atoms with E-state index in [2.05, 4.69) is 0 Å². The van der Waals surface area contributed by atoms with Crippen LogP contribution >= 0.6 is 12.2 Å². The highest BCUT2D eigenvalue weighted by Crippen LogP contribution is 1.98. The Kier molecular flexibility index (Phi) is 5.54. The molecule has 1 unspecified atom stereocenters. The maximum atomic E-state index is 11.2. The third kappa shape index (κ3) is 4.88. The van der Waals surface area contributed by atoms with Crippen molar-refractivity contribution in [1.29, 1.82) is 0 Å². The van der Waals surface area contributed by atoms with E-state index < -0.39 is 9.84 Å². The van der Waals surface area contributed by atoms with Gasteiger partial charge in [0.25, 0.3) is 0 Å². The molecule has 0 saturated carbocycles. The van der Waals surface area contributed by atoms with Crippen molar-refractivity contribution in [3.63, 3.8) is 0 Å². The monoisotopic (exact) mass is 238 g/mol. The van der Waals surface area contributed by atoms with Gasteiger partial charge in [-0.2, -0.15) is 0 Å². The molecule has 0 amide bonds. The van der Waals surface area contributed by atoms with Crippen LogP contribution < -0.4 is 5.73 Å². The van der Waals surface area contributed by atoms with Crippen LogP contribution in [-0.2, 0) is 9.84 Å². The minimum atomic E-state index is -2.90. The number of likely N-dealkylation sites (N-methyl/N-ethyl adjacent to an activating group) is 1. The zero-order valence-corrected chi connectivity index (χ0v) is 10.5. The fraction of sp³-hybridized carbons (Fsp3) is 0.875. The number of nitrogens with zero attached hydrogens (tertiary/aromatic N) is 1. The predicted molar refractivity (Wildman–Crippen MR) is 63.2 cm³/mol. The van der Waals surface area contributed by atoms with Crippen LogP contribution in [0.2, 0.25) is 0 Å². The number of hydrogen-bond acceptors (Lipinski definition) is 4. The summed E-state index contributed by atoms with van der Waals surface area (Å²) in [5.41, 5.74) is 5.45. The Balaban J connectivity index is 4.09. The highest BCUT2D eigenvalue weighted by atomic mass is 32.2. The number of hydrogen-bond donors (Lipinski definition) is 1. The molecule has 0 spiro atoms. The van der Waals surface area contributed by atoms with E-state index in [-0.39, 0.29) is 17.5 Å². The van der Waals surface area contributed by atoms with Gasteiger partial charge in [0.2, 0.25) is 0 Å². The summed E-state index contributed by atoms with van der Waals surface area (Å²) in [4.78, 5) is 2.23. The van der Waals surface area contributed by atoms with Gasteiger partial charge in [0.15, 0.2) is 9.84 Å². The lowest BCUT2D eigenvalue weighted by Crippen LogP contribution is -2.41. The molecule has 4 nitrogen and oxygen atoms in total. The second-order valence-corrected chi connectivity index (χ2v) is 6.24. The predicted octanol–water partition coefficient (Wildman–Crippen LogP) is 0.0275. The topological polar surface area (TPSA) is 63.4 Å². The second-order valence-electron chi connectivity index (χ2n) is 3.30. The van der Waals surface area contributed by atoms with E-state index in [0.717, 1.165) is 0 Å². The number of thiocarbonyl (C=S) groups is 1. The number of sulfone groups is 1. The Morgan fingerprint density at radius 1 is 1.57 bits per heavy atom. The van der Waals surface area contributed by atoms with Gasteiger partial charge in [-0.15, -0.1) is 0 Å². The molecule has 6 heteroatoms. The third-order valence-corrected chi connectivity index (χ3v) is 4.29. The van der Waals surface area contributed by atoms with Crippen LogP contribution in [-0.4, -0.2) is 49.4 Å². The highest BCUT2D eigenvalue weighted by Gasteiger charge is 2.14. The van der Waals surface area contributed by atoms with Crippen LogP contribution in [0.1, 0.15) is 13.8 Å². The van der Waals surface area contributed by atoms with Crippen LogP contribution in [0.25, 0.3) is 0 Å². The molecule has 0 aromatic carbocycles. The molecule has 0 radical (unpaired) electrons. The Hall–Kier alpha value is -0.200. The number of rotatable bonds is 6. The molecule has 0 aliphatic rings. The molecular weight excluding hydrogens is 220 g/mol. The van der Waals surface area contributed by atoms with E-state index in [1.807, 2.05) is 18.9 Å². The first-order chi connectivity index (χ1) is 6.30. The number of nitrogens with two attached hydrogens (primary N) is 1. The molecule has 0 saturated heterocycles. The Morgan fingerprint density at radius 3 is 2.43 bits per heavy atom. The van der Waals surface area contributed by atoms with Crippen molar-refractivity contribution in [2.75, 3.05) is 25.1 Å². The molecule has 14 heavy (non-hydrogen) atoms. The fourth-order valence-electron chi connectivity index (χ4n) is 0.838. The van der Waals surface area contributed by atoms with Gasteiger partial charge in [-0.3, -0.25) is 4.90 Å². The normalized spacial score (nSPS) is 14.3. The molecule has 0 aromatic rings. The summed E-state index contributed by atoms with van der Waals surface area (Å²) in [6.07, 6.45) is 0. The van der Waals surface area contributed by atoms with Gasteiger partial charge in [0, 0.05) is 12.3 Å². The Bertz CT molecular complexity index is 288. The highest BCUT2D eigenvalue weighted by molar-refractivity contribution is 7.91. The molecule has 0 bridgehead atoms. The van der Waals surface area contributed by atoms with Crippen LogP contribution in [0, 0.1) is 0 Å². The van der Waals surface area contributed by atoms with Gasteiger partial charge in [-0.1, -0.05) is 19.1 Å². The van der Waals surface area contributed by atoms with Gasteiger partial charge in [0.1, 0.15) is 0 Å². The molecular formula is C8H18N2O2S2. The van der Waals surface area contributed by atoms with Gasteiger partial charge >= 0.3 is 0 Å². The summed E-state index contributed by atoms with van der Waals surface area (Å²) in [5, 5.41) is 0. The zero-order valence-electron chi connectivity index (χ0n) is 8.86. The summed E-state index contributed by atoms with van der Waals surface area (Å²) < 4.78 is 22.4. The molecule has 0 aliphatic heterocycles. The van der Waals surface area contributed by atoms with Crippen molar-refractivity contribution in [3.8, 4) is 0 Å². The van der Waals surface area contributed by atoms with Gasteiger partial charge in [-0.05, 0) is 14.0 Å². The summed E-state index contributed by atoms with van der Waals surface area (Å²) in [6.45, 7) is 3.97. The average Bonchev–Trinajstić information content (AvgIpc) is 2.13. The quantitative estimate of drug-likeness (QED) is 0.661. The van der Waals surface area contributed by atoms with E-state index in [1.54, 1.807) is 6.92 Å². The molecule has 2 N–H and O–H groups in total. The van der Waals surface area contributed by atoms with E-state index in [1.165, 1.54) is 0 Å². The van der Waals surface area contributed by atoms with Gasteiger partial charge in [0.05, 0.1) is 16.8 Å². The van der Waals surface area contributed by atoms with E-state index >= 15 is 0 Å². The largest absolute Gasteiger partial charge is 0.392 e. The van der Waals surface area contributed by atoms with Gasteiger partial charge < -0.3 is 5.73 Å². The molecule has 0 aromatic heterocycles. The van der Waals surface area contributed by atoms with Crippen LogP contribution in [0.5, 0.6) is 0 Å². The van der Waals surface area contributed by atoms with Crippen molar-refractivity contribution in [2.24, 2.45) is 5.73 Å². The van der Waals surface area contributed by atoms with Crippen molar-refractivity contribution in [1.82, 2.24) is 4.90 Å². The Morgan fingerprint density at radius 2 is 2.07 bits per heavy atom. The Labute approximate surface area is 91.4 Å². The first-order valence-electron chi connectivity index (χ1n) is 4.50. The van der Waals surface area contributed by atoms with Crippen LogP contribution in [0.3, 0.4) is 0 Å². The van der Waals surface area contributed by atoms with Crippen LogP contribution in [0.4, 0.5) is 0 Å². The smallest absolute Gasteiger partial charge is 0.151 e. The minimum Gasteiger partial charge on any atom is -0.392 e. The first kappa shape index (κ1) is 13.8. The van der Waals surface area contributed by atoms with E-state index in [9.17, 15) is 8.42 Å². The summed E-state index contributed by atoms with van der Waals surface area (Å²) in [5.74, 6) is 0.343. The third-order valence-electron chi connectivity index (χ3n) is 2.27. The minimum absolute atomic E-state index is 0.0583. The second kappa shape index (κ2) is 5.63. The average molecular weight is 238 g/mol. The fourth-order valence-corrected chi connectivity index (χ4v) is 1.87. The van der Waals surface area contributed by atoms with Crippen molar-refractivity contribution < 1.29 is 8.42 Å². The molecule has 0 fully saturated rings. The van der Waals surface area contributed by atoms with E-state index in [4.69, 9.17) is 18.0 Å². The molecule has 1 atom stereocenters. The lowest BCUT2D eigenvalue weighted by molar-refractivity contribution is 0.330. The lowest BCUT2D eigenvalue weighted by Gasteiger charge is -2.23. The first-order valence-corrected chi connectivity index (χ1v) is 6.73. The summed E-state index contributed by atoms with van der Waals surface area (Å²) in [6, 6.07) is -0.0583. The standard InChI is InChI=1S/C8H18N2O2S2/c1-4-14(11,12)6-5-10(3)7(2)8(9)13/h7H,4-6H2,1-3H3,(H2,9,13). The van der Waals surface area contributed by atoms with Crippen LogP contribution in [0.15, 0.2) is 0 Å². The maximum Gasteiger partial charge on any atom is 0.151 e. The van der Waals surface area contributed by atoms with E-state index in [0.29, 0.717) is 11.5 Å². The summed E-state index contributed by atoms with van der Waals surface area (Å²) in [7, 11) is -1.09. The lowest BCUT2D eigenvalue weighted by atomic mass is 10.3. The van der Waals surface area contributed by atoms with Crippen molar-refractivity contribution in [3.05, 3.63) is 0 Å².